The monoisotopic (exact) mass is 284 g/mol. The number of benzene rings is 1. The van der Waals surface area contributed by atoms with E-state index in [2.05, 4.69) is 0 Å². The zero-order valence-electron chi connectivity index (χ0n) is 11.2. The highest BCUT2D eigenvalue weighted by Crippen LogP contribution is 2.42. The molecule has 0 saturated carbocycles. The van der Waals surface area contributed by atoms with Crippen LogP contribution >= 0.6 is 11.6 Å². The van der Waals surface area contributed by atoms with E-state index in [-0.39, 0.29) is 0 Å². The van der Waals surface area contributed by atoms with E-state index >= 15 is 0 Å². The molecule has 0 fully saturated rings. The van der Waals surface area contributed by atoms with Gasteiger partial charge in [-0.25, -0.2) is 0 Å². The Morgan fingerprint density at radius 3 is 2.68 bits per heavy atom. The van der Waals surface area contributed by atoms with Gasteiger partial charge in [0.05, 0.1) is 5.41 Å². The molecule has 0 aromatic heterocycles. The van der Waals surface area contributed by atoms with Crippen LogP contribution < -0.4 is 9.47 Å². The van der Waals surface area contributed by atoms with Crippen molar-refractivity contribution in [3.8, 4) is 11.5 Å². The number of halogens is 1. The van der Waals surface area contributed by atoms with Crippen molar-refractivity contribution in [1.82, 2.24) is 0 Å². The van der Waals surface area contributed by atoms with Crippen LogP contribution in [-0.2, 0) is 11.2 Å². The molecule has 1 aliphatic rings. The van der Waals surface area contributed by atoms with Crippen LogP contribution in [-0.4, -0.2) is 24.3 Å². The molecule has 1 aromatic carbocycles. The second-order valence-corrected chi connectivity index (χ2v) is 5.76. The molecule has 2 rings (SSSR count). The first-order valence-corrected chi connectivity index (χ1v) is 6.51. The molecule has 1 aliphatic heterocycles. The van der Waals surface area contributed by atoms with Crippen molar-refractivity contribution >= 4 is 17.6 Å². The zero-order valence-corrected chi connectivity index (χ0v) is 12.0. The van der Waals surface area contributed by atoms with Crippen molar-refractivity contribution in [2.24, 2.45) is 5.41 Å². The van der Waals surface area contributed by atoms with Gasteiger partial charge in [0.25, 0.3) is 0 Å². The van der Waals surface area contributed by atoms with Gasteiger partial charge in [-0.1, -0.05) is 11.6 Å². The maximum absolute atomic E-state index is 11.3. The van der Waals surface area contributed by atoms with E-state index in [4.69, 9.17) is 21.1 Å². The summed E-state index contributed by atoms with van der Waals surface area (Å²) in [5.74, 6) is 0.373. The molecule has 0 bridgehead atoms. The van der Waals surface area contributed by atoms with Crippen molar-refractivity contribution < 1.29 is 19.4 Å². The summed E-state index contributed by atoms with van der Waals surface area (Å²) >= 11 is 6.18. The van der Waals surface area contributed by atoms with Gasteiger partial charge in [0, 0.05) is 16.7 Å². The Labute approximate surface area is 117 Å². The highest BCUT2D eigenvalue weighted by atomic mass is 35.5. The van der Waals surface area contributed by atoms with Gasteiger partial charge in [0.1, 0.15) is 13.2 Å². The molecule has 0 spiro atoms. The summed E-state index contributed by atoms with van der Waals surface area (Å²) in [6, 6.07) is 1.72. The minimum absolute atomic E-state index is 0.348. The summed E-state index contributed by atoms with van der Waals surface area (Å²) in [5.41, 5.74) is 0.777. The maximum Gasteiger partial charge on any atom is 0.309 e. The van der Waals surface area contributed by atoms with Gasteiger partial charge in [-0.15, -0.1) is 0 Å². The summed E-state index contributed by atoms with van der Waals surface area (Å²) < 4.78 is 11.2. The molecule has 104 valence electrons. The lowest BCUT2D eigenvalue weighted by Gasteiger charge is -2.27. The number of hydrogen-bond donors (Lipinski definition) is 1. The van der Waals surface area contributed by atoms with E-state index in [0.717, 1.165) is 11.1 Å². The number of carboxylic acid groups (broad SMARTS) is 1. The predicted octanol–water partition coefficient (Wildman–Crippen LogP) is 3.07. The van der Waals surface area contributed by atoms with E-state index in [9.17, 15) is 9.90 Å². The van der Waals surface area contributed by atoms with Crippen molar-refractivity contribution in [2.75, 3.05) is 13.2 Å². The van der Waals surface area contributed by atoms with E-state index in [1.54, 1.807) is 19.9 Å². The lowest BCUT2D eigenvalue weighted by molar-refractivity contribution is -0.146. The quantitative estimate of drug-likeness (QED) is 0.927. The molecule has 4 nitrogen and oxygen atoms in total. The summed E-state index contributed by atoms with van der Waals surface area (Å²) in [6.45, 7) is 6.19. The SMILES string of the molecule is Cc1c(Cl)cc2c(c1CC(C)(C)C(=O)O)OCCO2. The van der Waals surface area contributed by atoms with Crippen LogP contribution in [0, 0.1) is 12.3 Å². The highest BCUT2D eigenvalue weighted by Gasteiger charge is 2.31. The van der Waals surface area contributed by atoms with E-state index < -0.39 is 11.4 Å². The predicted molar refractivity (Wildman–Crippen MR) is 72.3 cm³/mol. The average Bonchev–Trinajstić information content (AvgIpc) is 2.34. The Kier molecular flexibility index (Phi) is 3.63. The zero-order chi connectivity index (χ0) is 14.2. The Hall–Kier alpha value is -1.42. The van der Waals surface area contributed by atoms with E-state index in [1.807, 2.05) is 6.92 Å². The molecule has 1 aromatic rings. The summed E-state index contributed by atoms with van der Waals surface area (Å²) in [6.07, 6.45) is 0.348. The van der Waals surface area contributed by atoms with Gasteiger partial charge in [0.2, 0.25) is 0 Å². The molecule has 0 amide bonds. The van der Waals surface area contributed by atoms with Gasteiger partial charge in [-0.3, -0.25) is 4.79 Å². The molecular weight excluding hydrogens is 268 g/mol. The second kappa shape index (κ2) is 4.93. The molecule has 5 heteroatoms. The lowest BCUT2D eigenvalue weighted by atomic mass is 9.84. The van der Waals surface area contributed by atoms with Gasteiger partial charge >= 0.3 is 5.97 Å². The summed E-state index contributed by atoms with van der Waals surface area (Å²) in [7, 11) is 0. The number of rotatable bonds is 3. The minimum Gasteiger partial charge on any atom is -0.486 e. The Morgan fingerprint density at radius 1 is 1.42 bits per heavy atom. The third-order valence-corrected chi connectivity index (χ3v) is 3.74. The first-order valence-electron chi connectivity index (χ1n) is 6.14. The number of fused-ring (bicyclic) bond motifs is 1. The van der Waals surface area contributed by atoms with Crippen LogP contribution in [0.3, 0.4) is 0 Å². The molecule has 1 N–H and O–H groups in total. The largest absolute Gasteiger partial charge is 0.486 e. The molecular formula is C14H17ClO4. The molecule has 1 heterocycles. The Morgan fingerprint density at radius 2 is 2.05 bits per heavy atom. The first-order chi connectivity index (χ1) is 8.83. The number of hydrogen-bond acceptors (Lipinski definition) is 3. The summed E-state index contributed by atoms with van der Waals surface area (Å²) in [5, 5.41) is 9.83. The lowest BCUT2D eigenvalue weighted by Crippen LogP contribution is -2.27. The average molecular weight is 285 g/mol. The number of ether oxygens (including phenoxy) is 2. The molecule has 19 heavy (non-hydrogen) atoms. The van der Waals surface area contributed by atoms with Crippen LogP contribution in [0.4, 0.5) is 0 Å². The topological polar surface area (TPSA) is 55.8 Å². The van der Waals surface area contributed by atoms with E-state index in [0.29, 0.717) is 36.2 Å². The maximum atomic E-state index is 11.3. The van der Waals surface area contributed by atoms with Crippen molar-refractivity contribution in [1.29, 1.82) is 0 Å². The number of carbonyl (C=O) groups is 1. The Balaban J connectivity index is 2.49. The number of carboxylic acids is 1. The van der Waals surface area contributed by atoms with E-state index in [1.165, 1.54) is 0 Å². The normalized spacial score (nSPS) is 14.3. The minimum atomic E-state index is -0.885. The van der Waals surface area contributed by atoms with Crippen molar-refractivity contribution in [3.63, 3.8) is 0 Å². The molecule has 0 radical (unpaired) electrons. The van der Waals surface area contributed by atoms with Crippen molar-refractivity contribution in [3.05, 3.63) is 22.2 Å². The molecule has 0 unspecified atom stereocenters. The third-order valence-electron chi connectivity index (χ3n) is 3.35. The summed E-state index contributed by atoms with van der Waals surface area (Å²) in [4.78, 5) is 11.3. The molecule has 0 atom stereocenters. The highest BCUT2D eigenvalue weighted by molar-refractivity contribution is 6.31. The van der Waals surface area contributed by atoms with Gasteiger partial charge in [-0.2, -0.15) is 0 Å². The van der Waals surface area contributed by atoms with Crippen LogP contribution in [0.25, 0.3) is 0 Å². The van der Waals surface area contributed by atoms with Gasteiger partial charge < -0.3 is 14.6 Å². The van der Waals surface area contributed by atoms with Crippen LogP contribution in [0.1, 0.15) is 25.0 Å². The molecule has 0 aliphatic carbocycles. The van der Waals surface area contributed by atoms with Gasteiger partial charge in [-0.05, 0) is 32.8 Å². The van der Waals surface area contributed by atoms with Crippen LogP contribution in [0.15, 0.2) is 6.07 Å². The number of aliphatic carboxylic acids is 1. The smallest absolute Gasteiger partial charge is 0.309 e. The van der Waals surface area contributed by atoms with Gasteiger partial charge in [0.15, 0.2) is 11.5 Å². The Bertz CT molecular complexity index is 523. The van der Waals surface area contributed by atoms with Crippen LogP contribution in [0.5, 0.6) is 11.5 Å². The second-order valence-electron chi connectivity index (χ2n) is 5.35. The first kappa shape index (κ1) is 14.0. The fourth-order valence-corrected chi connectivity index (χ4v) is 2.26. The third kappa shape index (κ3) is 2.63. The fraction of sp³-hybridized carbons (Fsp3) is 0.500. The molecule has 0 saturated heterocycles. The fourth-order valence-electron chi connectivity index (χ4n) is 2.04. The standard InChI is InChI=1S/C14H17ClO4/c1-8-9(7-14(2,3)13(16)17)12-11(6-10(8)15)18-4-5-19-12/h6H,4-5,7H2,1-3H3,(H,16,17). The van der Waals surface area contributed by atoms with Crippen LogP contribution in [0.2, 0.25) is 5.02 Å². The van der Waals surface area contributed by atoms with Crippen molar-refractivity contribution in [2.45, 2.75) is 27.2 Å².